The molecule has 14 heavy (non-hydrogen) atoms. The Bertz CT molecular complexity index is 237. The second kappa shape index (κ2) is 3.61. The molecule has 0 radical (unpaired) electrons. The van der Waals surface area contributed by atoms with Crippen molar-refractivity contribution >= 4 is 0 Å². The lowest BCUT2D eigenvalue weighted by Crippen LogP contribution is -2.22. The molecule has 0 aliphatic heterocycles. The summed E-state index contributed by atoms with van der Waals surface area (Å²) < 4.78 is 25.2. The van der Waals surface area contributed by atoms with Gasteiger partial charge in [-0.05, 0) is 31.6 Å². The van der Waals surface area contributed by atoms with Crippen molar-refractivity contribution in [1.82, 2.24) is 0 Å². The lowest BCUT2D eigenvalue weighted by atomic mass is 9.87. The highest BCUT2D eigenvalue weighted by Gasteiger charge is 2.57. The zero-order chi connectivity index (χ0) is 10.2. The summed E-state index contributed by atoms with van der Waals surface area (Å²) in [6.45, 7) is 0. The average Bonchev–Trinajstić information content (AvgIpc) is 2.75. The van der Waals surface area contributed by atoms with Crippen molar-refractivity contribution in [1.29, 1.82) is 0 Å². The Morgan fingerprint density at radius 2 is 2.14 bits per heavy atom. The van der Waals surface area contributed by atoms with Gasteiger partial charge >= 0.3 is 0 Å². The molecule has 3 unspecified atom stereocenters. The minimum Gasteiger partial charge on any atom is -0.393 e. The van der Waals surface area contributed by atoms with Gasteiger partial charge < -0.3 is 5.11 Å². The predicted octanol–water partition coefficient (Wildman–Crippen LogP) is 2.75. The number of hydrogen-bond donors (Lipinski definition) is 1. The highest BCUT2D eigenvalue weighted by atomic mass is 19.3. The highest BCUT2D eigenvalue weighted by Crippen LogP contribution is 2.51. The standard InChI is InChI=1S/C11H16F2O/c12-11(13)7-9(11)6-10(14)8-4-2-1-3-5-8/h1-2,8-10,14H,3-7H2. The van der Waals surface area contributed by atoms with Crippen LogP contribution in [0.1, 0.15) is 32.1 Å². The number of hydrogen-bond acceptors (Lipinski definition) is 1. The molecule has 80 valence electrons. The summed E-state index contributed by atoms with van der Waals surface area (Å²) in [7, 11) is 0. The Kier molecular flexibility index (Phi) is 2.60. The third kappa shape index (κ3) is 2.14. The van der Waals surface area contributed by atoms with E-state index >= 15 is 0 Å². The lowest BCUT2D eigenvalue weighted by molar-refractivity contribution is 0.0525. The third-order valence-electron chi connectivity index (χ3n) is 3.34. The summed E-state index contributed by atoms with van der Waals surface area (Å²) in [5, 5.41) is 9.75. The van der Waals surface area contributed by atoms with Crippen LogP contribution in [0.15, 0.2) is 12.2 Å². The first kappa shape index (κ1) is 10.1. The molecule has 0 aromatic rings. The quantitative estimate of drug-likeness (QED) is 0.698. The molecule has 2 aliphatic rings. The van der Waals surface area contributed by atoms with E-state index in [0.29, 0.717) is 0 Å². The summed E-state index contributed by atoms with van der Waals surface area (Å²) in [6.07, 6.45) is 6.63. The van der Waals surface area contributed by atoms with E-state index in [2.05, 4.69) is 6.08 Å². The van der Waals surface area contributed by atoms with Gasteiger partial charge in [0.1, 0.15) is 0 Å². The van der Waals surface area contributed by atoms with Crippen molar-refractivity contribution in [2.45, 2.75) is 44.1 Å². The zero-order valence-electron chi connectivity index (χ0n) is 8.13. The molecule has 0 heterocycles. The summed E-state index contributed by atoms with van der Waals surface area (Å²) in [6, 6.07) is 0. The van der Waals surface area contributed by atoms with Crippen LogP contribution in [0.5, 0.6) is 0 Å². The van der Waals surface area contributed by atoms with E-state index in [-0.39, 0.29) is 18.8 Å². The van der Waals surface area contributed by atoms with E-state index in [0.717, 1.165) is 19.3 Å². The number of aliphatic hydroxyl groups is 1. The molecule has 0 amide bonds. The SMILES string of the molecule is OC(CC1CC1(F)F)C1CC=CCC1. The van der Waals surface area contributed by atoms with Crippen LogP contribution in [0.3, 0.4) is 0 Å². The maximum Gasteiger partial charge on any atom is 0.251 e. The van der Waals surface area contributed by atoms with Gasteiger partial charge in [0.2, 0.25) is 0 Å². The molecule has 2 rings (SSSR count). The normalized spacial score (nSPS) is 36.8. The van der Waals surface area contributed by atoms with E-state index in [4.69, 9.17) is 0 Å². The Morgan fingerprint density at radius 1 is 1.43 bits per heavy atom. The summed E-state index contributed by atoms with van der Waals surface area (Å²) in [4.78, 5) is 0. The monoisotopic (exact) mass is 202 g/mol. The van der Waals surface area contributed by atoms with E-state index in [1.54, 1.807) is 0 Å². The molecule has 1 saturated carbocycles. The molecule has 3 atom stereocenters. The second-order valence-corrected chi connectivity index (χ2v) is 4.51. The molecule has 2 aliphatic carbocycles. The fourth-order valence-corrected chi connectivity index (χ4v) is 2.18. The van der Waals surface area contributed by atoms with E-state index in [1.165, 1.54) is 0 Å². The van der Waals surface area contributed by atoms with Crippen molar-refractivity contribution in [3.63, 3.8) is 0 Å². The Morgan fingerprint density at radius 3 is 2.64 bits per heavy atom. The number of halogens is 2. The first-order valence-corrected chi connectivity index (χ1v) is 5.30. The highest BCUT2D eigenvalue weighted by molar-refractivity contribution is 4.98. The Hall–Kier alpha value is -0.440. The van der Waals surface area contributed by atoms with Gasteiger partial charge in [0.05, 0.1) is 6.10 Å². The van der Waals surface area contributed by atoms with Gasteiger partial charge in [0.15, 0.2) is 0 Å². The van der Waals surface area contributed by atoms with Gasteiger partial charge in [-0.1, -0.05) is 12.2 Å². The van der Waals surface area contributed by atoms with Crippen molar-refractivity contribution in [2.24, 2.45) is 11.8 Å². The minimum atomic E-state index is -2.48. The van der Waals surface area contributed by atoms with Crippen LogP contribution in [0, 0.1) is 11.8 Å². The van der Waals surface area contributed by atoms with Gasteiger partial charge in [0.25, 0.3) is 5.92 Å². The summed E-state index contributed by atoms with van der Waals surface area (Å²) >= 11 is 0. The van der Waals surface area contributed by atoms with Crippen molar-refractivity contribution in [3.05, 3.63) is 12.2 Å². The van der Waals surface area contributed by atoms with Crippen LogP contribution in [-0.2, 0) is 0 Å². The molecule has 0 saturated heterocycles. The molecular weight excluding hydrogens is 186 g/mol. The zero-order valence-corrected chi connectivity index (χ0v) is 8.13. The number of allylic oxidation sites excluding steroid dienone is 2. The van der Waals surface area contributed by atoms with Crippen molar-refractivity contribution in [2.75, 3.05) is 0 Å². The van der Waals surface area contributed by atoms with Crippen LogP contribution in [0.25, 0.3) is 0 Å². The molecule has 3 heteroatoms. The first-order chi connectivity index (χ1) is 6.59. The topological polar surface area (TPSA) is 20.2 Å². The Labute approximate surface area is 82.8 Å². The van der Waals surface area contributed by atoms with Gasteiger partial charge in [-0.3, -0.25) is 0 Å². The van der Waals surface area contributed by atoms with Crippen LogP contribution in [0.4, 0.5) is 8.78 Å². The van der Waals surface area contributed by atoms with Crippen LogP contribution in [-0.4, -0.2) is 17.1 Å². The first-order valence-electron chi connectivity index (χ1n) is 5.30. The van der Waals surface area contributed by atoms with Crippen LogP contribution in [0.2, 0.25) is 0 Å². The molecule has 1 fully saturated rings. The number of rotatable bonds is 3. The largest absolute Gasteiger partial charge is 0.393 e. The smallest absolute Gasteiger partial charge is 0.251 e. The summed E-state index contributed by atoms with van der Waals surface area (Å²) in [5.74, 6) is -2.83. The Balaban J connectivity index is 1.78. The molecule has 0 spiro atoms. The van der Waals surface area contributed by atoms with Crippen molar-refractivity contribution < 1.29 is 13.9 Å². The van der Waals surface area contributed by atoms with Crippen LogP contribution < -0.4 is 0 Å². The molecule has 1 N–H and O–H groups in total. The third-order valence-corrected chi connectivity index (χ3v) is 3.34. The van der Waals surface area contributed by atoms with E-state index < -0.39 is 17.9 Å². The van der Waals surface area contributed by atoms with Crippen molar-refractivity contribution in [3.8, 4) is 0 Å². The van der Waals surface area contributed by atoms with Gasteiger partial charge in [-0.15, -0.1) is 0 Å². The molecular formula is C11H16F2O. The van der Waals surface area contributed by atoms with Gasteiger partial charge in [-0.2, -0.15) is 0 Å². The van der Waals surface area contributed by atoms with Gasteiger partial charge in [0, 0.05) is 12.3 Å². The molecule has 1 nitrogen and oxygen atoms in total. The maximum absolute atomic E-state index is 12.6. The molecule has 0 bridgehead atoms. The maximum atomic E-state index is 12.6. The lowest BCUT2D eigenvalue weighted by Gasteiger charge is -2.23. The average molecular weight is 202 g/mol. The summed E-state index contributed by atoms with van der Waals surface area (Å²) in [5.41, 5.74) is 0. The minimum absolute atomic E-state index is 0.0212. The fraction of sp³-hybridized carbons (Fsp3) is 0.818. The van der Waals surface area contributed by atoms with Crippen LogP contribution >= 0.6 is 0 Å². The molecule has 0 aromatic heterocycles. The number of aliphatic hydroxyl groups excluding tert-OH is 1. The van der Waals surface area contributed by atoms with E-state index in [1.807, 2.05) is 6.08 Å². The molecule has 0 aromatic carbocycles. The fourth-order valence-electron chi connectivity index (χ4n) is 2.18. The van der Waals surface area contributed by atoms with Gasteiger partial charge in [-0.25, -0.2) is 8.78 Å². The van der Waals surface area contributed by atoms with E-state index in [9.17, 15) is 13.9 Å². The predicted molar refractivity (Wildman–Crippen MR) is 50.2 cm³/mol. The second-order valence-electron chi connectivity index (χ2n) is 4.51. The number of alkyl halides is 2.